The molecular formula is C19H17NO4. The maximum absolute atomic E-state index is 11.5. The zero-order valence-corrected chi connectivity index (χ0v) is 13.0. The quantitative estimate of drug-likeness (QED) is 0.504. The second-order valence-corrected chi connectivity index (χ2v) is 4.90. The number of carbonyl (C=O) groups is 2. The molecule has 0 unspecified atom stereocenters. The minimum Gasteiger partial charge on any atom is -0.506 e. The van der Waals surface area contributed by atoms with E-state index in [2.05, 4.69) is 17.2 Å². The van der Waals surface area contributed by atoms with Crippen molar-refractivity contribution >= 4 is 12.4 Å². The number of benzene rings is 2. The van der Waals surface area contributed by atoms with Gasteiger partial charge in [0.15, 0.2) is 6.29 Å². The molecule has 122 valence electrons. The number of carbonyl (C=O) groups excluding carboxylic acids is 2. The van der Waals surface area contributed by atoms with Crippen LogP contribution in [-0.4, -0.2) is 24.0 Å². The van der Waals surface area contributed by atoms with Gasteiger partial charge in [-0.2, -0.15) is 0 Å². The normalized spacial score (nSPS) is 9.50. The topological polar surface area (TPSA) is 75.6 Å². The number of phenols is 1. The molecule has 5 nitrogen and oxygen atoms in total. The van der Waals surface area contributed by atoms with E-state index < -0.39 is 6.09 Å². The zero-order valence-electron chi connectivity index (χ0n) is 13.0. The van der Waals surface area contributed by atoms with Crippen molar-refractivity contribution in [2.45, 2.75) is 13.0 Å². The fourth-order valence-corrected chi connectivity index (χ4v) is 1.92. The van der Waals surface area contributed by atoms with Crippen LogP contribution in [0.25, 0.3) is 0 Å². The van der Waals surface area contributed by atoms with Crippen molar-refractivity contribution in [2.75, 3.05) is 6.54 Å². The lowest BCUT2D eigenvalue weighted by molar-refractivity contribution is 0.112. The van der Waals surface area contributed by atoms with Gasteiger partial charge in [0.05, 0.1) is 11.1 Å². The van der Waals surface area contributed by atoms with Gasteiger partial charge in [-0.1, -0.05) is 48.2 Å². The Kier molecular flexibility index (Phi) is 6.42. The lowest BCUT2D eigenvalue weighted by atomic mass is 10.1. The van der Waals surface area contributed by atoms with Gasteiger partial charge in [0.25, 0.3) is 0 Å². The summed E-state index contributed by atoms with van der Waals surface area (Å²) in [4.78, 5) is 22.3. The summed E-state index contributed by atoms with van der Waals surface area (Å²) < 4.78 is 5.07. The third-order valence-electron chi connectivity index (χ3n) is 3.15. The molecule has 0 spiro atoms. The first-order valence-electron chi connectivity index (χ1n) is 7.41. The molecule has 0 saturated heterocycles. The zero-order chi connectivity index (χ0) is 17.2. The molecule has 0 atom stereocenters. The Balaban J connectivity index is 1.73. The van der Waals surface area contributed by atoms with Crippen LogP contribution in [0.15, 0.2) is 48.5 Å². The molecule has 0 aromatic heterocycles. The van der Waals surface area contributed by atoms with Gasteiger partial charge in [0.1, 0.15) is 12.4 Å². The van der Waals surface area contributed by atoms with E-state index in [0.717, 1.165) is 5.56 Å². The van der Waals surface area contributed by atoms with E-state index in [0.29, 0.717) is 24.8 Å². The van der Waals surface area contributed by atoms with Gasteiger partial charge in [0.2, 0.25) is 0 Å². The number of hydrogen-bond acceptors (Lipinski definition) is 4. The second kappa shape index (κ2) is 9.01. The van der Waals surface area contributed by atoms with E-state index >= 15 is 0 Å². The summed E-state index contributed by atoms with van der Waals surface area (Å²) in [5, 5.41) is 12.4. The predicted octanol–water partition coefficient (Wildman–Crippen LogP) is 2.87. The van der Waals surface area contributed by atoms with Crippen molar-refractivity contribution in [2.24, 2.45) is 0 Å². The number of rotatable bonds is 5. The third-order valence-corrected chi connectivity index (χ3v) is 3.15. The Hall–Kier alpha value is -3.26. The van der Waals surface area contributed by atoms with E-state index in [1.807, 2.05) is 30.3 Å². The molecule has 0 aliphatic carbocycles. The van der Waals surface area contributed by atoms with E-state index in [-0.39, 0.29) is 17.9 Å². The van der Waals surface area contributed by atoms with E-state index in [1.165, 1.54) is 6.07 Å². The third kappa shape index (κ3) is 5.18. The van der Waals surface area contributed by atoms with Gasteiger partial charge < -0.3 is 15.2 Å². The van der Waals surface area contributed by atoms with Crippen molar-refractivity contribution < 1.29 is 19.4 Å². The predicted molar refractivity (Wildman–Crippen MR) is 89.6 cm³/mol. The molecule has 0 saturated carbocycles. The van der Waals surface area contributed by atoms with Crippen LogP contribution < -0.4 is 5.32 Å². The Morgan fingerprint density at radius 2 is 1.96 bits per heavy atom. The molecule has 0 radical (unpaired) electrons. The molecule has 2 aromatic rings. The molecule has 24 heavy (non-hydrogen) atoms. The number of alkyl carbamates (subject to hydrolysis) is 1. The Bertz CT molecular complexity index is 760. The smallest absolute Gasteiger partial charge is 0.407 e. The van der Waals surface area contributed by atoms with Crippen LogP contribution in [0.1, 0.15) is 27.9 Å². The van der Waals surface area contributed by atoms with Crippen LogP contribution in [0.4, 0.5) is 4.79 Å². The SMILES string of the molecule is O=Cc1cccc(C#CCCNC(=O)OCc2ccccc2)c1O. The number of aromatic hydroxyl groups is 1. The van der Waals surface area contributed by atoms with Crippen LogP contribution >= 0.6 is 0 Å². The number of amides is 1. The standard InChI is InChI=1S/C19H17NO4/c21-13-17-11-6-10-16(18(17)22)9-4-5-12-20-19(23)24-14-15-7-2-1-3-8-15/h1-3,6-8,10-11,13,22H,5,12,14H2,(H,20,23). The molecular weight excluding hydrogens is 306 g/mol. The largest absolute Gasteiger partial charge is 0.506 e. The number of nitrogens with one attached hydrogen (secondary N) is 1. The number of para-hydroxylation sites is 1. The molecule has 1 amide bonds. The first kappa shape index (κ1) is 17.1. The molecule has 2 N–H and O–H groups in total. The first-order valence-corrected chi connectivity index (χ1v) is 7.41. The van der Waals surface area contributed by atoms with E-state index in [4.69, 9.17) is 4.74 Å². The van der Waals surface area contributed by atoms with Gasteiger partial charge in [0, 0.05) is 13.0 Å². The number of aldehydes is 1. The van der Waals surface area contributed by atoms with Gasteiger partial charge in [-0.3, -0.25) is 4.79 Å². The van der Waals surface area contributed by atoms with Gasteiger partial charge >= 0.3 is 6.09 Å². The molecule has 2 rings (SSSR count). The van der Waals surface area contributed by atoms with Crippen LogP contribution in [0.2, 0.25) is 0 Å². The van der Waals surface area contributed by atoms with Gasteiger partial charge in [-0.25, -0.2) is 4.79 Å². The Labute approximate surface area is 140 Å². The lowest BCUT2D eigenvalue weighted by Gasteiger charge is -2.05. The molecule has 0 aliphatic heterocycles. The summed E-state index contributed by atoms with van der Waals surface area (Å²) in [6.45, 7) is 0.541. The molecule has 0 fully saturated rings. The Morgan fingerprint density at radius 3 is 2.71 bits per heavy atom. The number of hydrogen-bond donors (Lipinski definition) is 2. The minimum absolute atomic E-state index is 0.129. The minimum atomic E-state index is -0.508. The maximum atomic E-state index is 11.5. The average Bonchev–Trinajstić information content (AvgIpc) is 2.62. The summed E-state index contributed by atoms with van der Waals surface area (Å²) >= 11 is 0. The maximum Gasteiger partial charge on any atom is 0.407 e. The van der Waals surface area contributed by atoms with Crippen LogP contribution in [0.5, 0.6) is 5.75 Å². The highest BCUT2D eigenvalue weighted by Gasteiger charge is 2.03. The average molecular weight is 323 g/mol. The first-order chi connectivity index (χ1) is 11.7. The summed E-state index contributed by atoms with van der Waals surface area (Å²) in [6.07, 6.45) is 0.460. The highest BCUT2D eigenvalue weighted by atomic mass is 16.5. The molecule has 0 aliphatic rings. The summed E-state index contributed by atoms with van der Waals surface area (Å²) in [7, 11) is 0. The van der Waals surface area contributed by atoms with Crippen molar-refractivity contribution in [3.63, 3.8) is 0 Å². The van der Waals surface area contributed by atoms with E-state index in [1.54, 1.807) is 12.1 Å². The molecule has 5 heteroatoms. The van der Waals surface area contributed by atoms with Crippen molar-refractivity contribution in [3.05, 3.63) is 65.2 Å². The molecule has 2 aromatic carbocycles. The summed E-state index contributed by atoms with van der Waals surface area (Å²) in [5.41, 5.74) is 1.49. The number of phenolic OH excluding ortho intramolecular Hbond substituents is 1. The highest BCUT2D eigenvalue weighted by molar-refractivity contribution is 5.80. The van der Waals surface area contributed by atoms with Crippen LogP contribution in [0, 0.1) is 11.8 Å². The van der Waals surface area contributed by atoms with E-state index in [9.17, 15) is 14.7 Å². The highest BCUT2D eigenvalue weighted by Crippen LogP contribution is 2.19. The Morgan fingerprint density at radius 1 is 1.17 bits per heavy atom. The second-order valence-electron chi connectivity index (χ2n) is 4.90. The summed E-state index contributed by atoms with van der Waals surface area (Å²) in [5.74, 6) is 5.47. The summed E-state index contributed by atoms with van der Waals surface area (Å²) in [6, 6.07) is 14.2. The van der Waals surface area contributed by atoms with Crippen LogP contribution in [0.3, 0.4) is 0 Å². The molecule has 0 heterocycles. The lowest BCUT2D eigenvalue weighted by Crippen LogP contribution is -2.24. The van der Waals surface area contributed by atoms with Crippen molar-refractivity contribution in [3.8, 4) is 17.6 Å². The van der Waals surface area contributed by atoms with Crippen molar-refractivity contribution in [1.82, 2.24) is 5.32 Å². The molecule has 0 bridgehead atoms. The number of ether oxygens (including phenoxy) is 1. The van der Waals surface area contributed by atoms with Crippen molar-refractivity contribution in [1.29, 1.82) is 0 Å². The van der Waals surface area contributed by atoms with Gasteiger partial charge in [-0.05, 0) is 17.7 Å². The fraction of sp³-hybridized carbons (Fsp3) is 0.158. The van der Waals surface area contributed by atoms with Gasteiger partial charge in [-0.15, -0.1) is 0 Å². The van der Waals surface area contributed by atoms with Crippen LogP contribution in [-0.2, 0) is 11.3 Å². The fourth-order valence-electron chi connectivity index (χ4n) is 1.92. The monoisotopic (exact) mass is 323 g/mol.